The minimum absolute atomic E-state index is 0.0158. The largest absolute Gasteiger partial charge is 0.254 e. The average molecular weight is 610 g/mol. The Hall–Kier alpha value is 0.780. The Morgan fingerprint density at radius 3 is 1.17 bits per heavy atom. The Bertz CT molecular complexity index is 1120. The smallest absolute Gasteiger partial charge is 0.0919 e. The molecule has 1 nitrogen and oxygen atoms in total. The number of pyridine rings is 1. The van der Waals surface area contributed by atoms with Gasteiger partial charge in [-0.3, -0.25) is 4.98 Å². The van der Waals surface area contributed by atoms with Gasteiger partial charge in [-0.15, -0.1) is 0 Å². The predicted molar refractivity (Wildman–Crippen MR) is 130 cm³/mol. The fraction of sp³-hybridized carbons (Fsp3) is 0. The van der Waals surface area contributed by atoms with Crippen LogP contribution in [0.2, 0.25) is 55.2 Å². The van der Waals surface area contributed by atoms with Crippen LogP contribution in [0.15, 0.2) is 12.3 Å². The highest BCUT2D eigenvalue weighted by Crippen LogP contribution is 2.51. The van der Waals surface area contributed by atoms with Crippen molar-refractivity contribution in [2.75, 3.05) is 0 Å². The zero-order valence-corrected chi connectivity index (χ0v) is 21.6. The zero-order valence-electron chi connectivity index (χ0n) is 13.3. The molecule has 0 aliphatic carbocycles. The summed E-state index contributed by atoms with van der Waals surface area (Å²) in [7, 11) is 0. The van der Waals surface area contributed by atoms with Gasteiger partial charge < -0.3 is 0 Å². The van der Waals surface area contributed by atoms with Crippen molar-refractivity contribution in [1.29, 1.82) is 0 Å². The maximum atomic E-state index is 6.44. The third-order valence-electron chi connectivity index (χ3n) is 3.79. The summed E-state index contributed by atoms with van der Waals surface area (Å²) in [5.41, 5.74) is 1.16. The molecule has 0 N–H and O–H groups in total. The SMILES string of the molecule is Clc1cc(-c2c(Cl)c(Cl)c(Cl)c(Cl)c2Cl)cnc1-c1c(Cl)c(Cl)c(Cl)c(Cl)c1Cl. The number of hydrogen-bond acceptors (Lipinski definition) is 1. The third kappa shape index (κ3) is 4.24. The van der Waals surface area contributed by atoms with Crippen molar-refractivity contribution >= 4 is 128 Å². The quantitative estimate of drug-likeness (QED) is 0.208. The first kappa shape index (κ1) is 24.4. The molecular weight excluding hydrogens is 608 g/mol. The van der Waals surface area contributed by atoms with Crippen LogP contribution in [-0.4, -0.2) is 4.98 Å². The van der Waals surface area contributed by atoms with Gasteiger partial charge in [0.05, 0.1) is 60.9 Å². The van der Waals surface area contributed by atoms with Gasteiger partial charge in [0.1, 0.15) is 0 Å². The number of aromatic nitrogens is 1. The summed E-state index contributed by atoms with van der Waals surface area (Å²) in [6.45, 7) is 0. The Morgan fingerprint density at radius 1 is 0.448 bits per heavy atom. The van der Waals surface area contributed by atoms with Gasteiger partial charge in [-0.05, 0) is 6.07 Å². The zero-order chi connectivity index (χ0) is 21.8. The lowest BCUT2D eigenvalue weighted by Crippen LogP contribution is -1.93. The van der Waals surface area contributed by atoms with Crippen LogP contribution in [0, 0.1) is 0 Å². The fourth-order valence-corrected chi connectivity index (χ4v) is 5.36. The summed E-state index contributed by atoms with van der Waals surface area (Å²) in [6, 6.07) is 1.53. The van der Waals surface area contributed by atoms with Crippen LogP contribution in [0.4, 0.5) is 0 Å². The lowest BCUT2D eigenvalue weighted by atomic mass is 10.0. The van der Waals surface area contributed by atoms with Crippen molar-refractivity contribution in [3.8, 4) is 22.4 Å². The van der Waals surface area contributed by atoms with E-state index in [2.05, 4.69) is 4.98 Å². The van der Waals surface area contributed by atoms with E-state index in [0.717, 1.165) is 0 Å². The molecule has 2 aromatic carbocycles. The van der Waals surface area contributed by atoms with E-state index >= 15 is 0 Å². The standard InChI is InChI=1S/C17H2Cl11N/c18-4-1-3(5-7(19)11(23)15(27)12(24)8(5)20)2-29-17(4)6-9(21)13(25)16(28)14(26)10(6)22/h1-2H. The van der Waals surface area contributed by atoms with Crippen LogP contribution in [0.1, 0.15) is 0 Å². The van der Waals surface area contributed by atoms with E-state index in [1.807, 2.05) is 0 Å². The van der Waals surface area contributed by atoms with E-state index in [1.165, 1.54) is 12.3 Å². The van der Waals surface area contributed by atoms with Crippen LogP contribution in [0.3, 0.4) is 0 Å². The molecule has 0 aliphatic heterocycles. The highest BCUT2D eigenvalue weighted by atomic mass is 35.5. The molecule has 3 rings (SSSR count). The van der Waals surface area contributed by atoms with Gasteiger partial charge in [-0.2, -0.15) is 0 Å². The van der Waals surface area contributed by atoms with Crippen molar-refractivity contribution in [3.63, 3.8) is 0 Å². The molecule has 0 unspecified atom stereocenters. The lowest BCUT2D eigenvalue weighted by Gasteiger charge is -2.15. The Labute approximate surface area is 220 Å². The number of hydrogen-bond donors (Lipinski definition) is 0. The summed E-state index contributed by atoms with van der Waals surface area (Å²) in [4.78, 5) is 4.32. The minimum atomic E-state index is 0.0158. The van der Waals surface area contributed by atoms with Crippen LogP contribution in [-0.2, 0) is 0 Å². The van der Waals surface area contributed by atoms with E-state index in [1.54, 1.807) is 0 Å². The van der Waals surface area contributed by atoms with E-state index < -0.39 is 0 Å². The van der Waals surface area contributed by atoms with E-state index in [9.17, 15) is 0 Å². The van der Waals surface area contributed by atoms with E-state index in [-0.39, 0.29) is 66.5 Å². The first-order valence-electron chi connectivity index (χ1n) is 7.18. The molecule has 1 aromatic heterocycles. The summed E-state index contributed by atoms with van der Waals surface area (Å²) >= 11 is 68.2. The van der Waals surface area contributed by atoms with Gasteiger partial charge >= 0.3 is 0 Å². The normalized spacial score (nSPS) is 11.3. The molecular formula is C17H2Cl11N. The van der Waals surface area contributed by atoms with Crippen molar-refractivity contribution < 1.29 is 0 Å². The van der Waals surface area contributed by atoms with Gasteiger partial charge in [0.2, 0.25) is 0 Å². The molecule has 29 heavy (non-hydrogen) atoms. The highest BCUT2D eigenvalue weighted by molar-refractivity contribution is 6.58. The molecule has 152 valence electrons. The third-order valence-corrected chi connectivity index (χ3v) is 8.63. The molecule has 0 bridgehead atoms. The molecule has 12 heteroatoms. The second kappa shape index (κ2) is 9.33. The van der Waals surface area contributed by atoms with Gasteiger partial charge in [-0.25, -0.2) is 0 Å². The minimum Gasteiger partial charge on any atom is -0.254 e. The molecule has 0 saturated heterocycles. The Balaban J connectivity index is 2.26. The van der Waals surface area contributed by atoms with Crippen LogP contribution in [0.5, 0.6) is 0 Å². The molecule has 3 aromatic rings. The molecule has 1 heterocycles. The second-order valence-electron chi connectivity index (χ2n) is 5.44. The molecule has 0 atom stereocenters. The first-order valence-corrected chi connectivity index (χ1v) is 11.3. The first-order chi connectivity index (χ1) is 13.5. The summed E-state index contributed by atoms with van der Waals surface area (Å²) in [6.07, 6.45) is 1.43. The van der Waals surface area contributed by atoms with E-state index in [0.29, 0.717) is 11.1 Å². The van der Waals surface area contributed by atoms with Gasteiger partial charge in [-0.1, -0.05) is 128 Å². The monoisotopic (exact) mass is 605 g/mol. The van der Waals surface area contributed by atoms with E-state index in [4.69, 9.17) is 128 Å². The summed E-state index contributed by atoms with van der Waals surface area (Å²) in [5.74, 6) is 0. The summed E-state index contributed by atoms with van der Waals surface area (Å²) < 4.78 is 0. The van der Waals surface area contributed by atoms with Crippen molar-refractivity contribution in [1.82, 2.24) is 4.98 Å². The van der Waals surface area contributed by atoms with Crippen LogP contribution in [0.25, 0.3) is 22.4 Å². The van der Waals surface area contributed by atoms with Gasteiger partial charge in [0, 0.05) is 22.9 Å². The second-order valence-corrected chi connectivity index (χ2v) is 9.63. The molecule has 0 fully saturated rings. The highest BCUT2D eigenvalue weighted by Gasteiger charge is 2.25. The lowest BCUT2D eigenvalue weighted by molar-refractivity contribution is 1.32. The van der Waals surface area contributed by atoms with Crippen molar-refractivity contribution in [3.05, 3.63) is 67.5 Å². The van der Waals surface area contributed by atoms with Crippen molar-refractivity contribution in [2.45, 2.75) is 0 Å². The topological polar surface area (TPSA) is 12.9 Å². The fourth-order valence-electron chi connectivity index (χ4n) is 2.43. The maximum absolute atomic E-state index is 6.44. The summed E-state index contributed by atoms with van der Waals surface area (Å²) in [5, 5.41) is 0.578. The number of halogens is 11. The molecule has 0 radical (unpaired) electrons. The maximum Gasteiger partial charge on any atom is 0.0919 e. The number of rotatable bonds is 2. The molecule has 0 aliphatic rings. The van der Waals surface area contributed by atoms with Crippen LogP contribution >= 0.6 is 128 Å². The predicted octanol–water partition coefficient (Wildman–Crippen LogP) is 11.6. The van der Waals surface area contributed by atoms with Gasteiger partial charge in [0.25, 0.3) is 0 Å². The molecule has 0 amide bonds. The Morgan fingerprint density at radius 2 is 0.793 bits per heavy atom. The van der Waals surface area contributed by atoms with Crippen molar-refractivity contribution in [2.24, 2.45) is 0 Å². The number of benzene rings is 2. The van der Waals surface area contributed by atoms with Crippen LogP contribution < -0.4 is 0 Å². The number of nitrogens with zero attached hydrogens (tertiary/aromatic N) is 1. The molecule has 0 saturated carbocycles. The van der Waals surface area contributed by atoms with Gasteiger partial charge in [0.15, 0.2) is 0 Å². The molecule has 0 spiro atoms. The Kier molecular flexibility index (Phi) is 7.86. The average Bonchev–Trinajstić information content (AvgIpc) is 2.69.